The molecule has 2 aliphatic rings. The molecule has 156 valence electrons. The predicted octanol–water partition coefficient (Wildman–Crippen LogP) is 1.16. The van der Waals surface area contributed by atoms with Crippen molar-refractivity contribution in [1.82, 2.24) is 4.90 Å². The lowest BCUT2D eigenvalue weighted by Gasteiger charge is -2.29. The number of amides is 1. The number of quaternary nitrogens is 1. The third-order valence-corrected chi connectivity index (χ3v) is 5.68. The molecule has 0 bridgehead atoms. The maximum absolute atomic E-state index is 13.3. The van der Waals surface area contributed by atoms with Gasteiger partial charge in [0.2, 0.25) is 0 Å². The van der Waals surface area contributed by atoms with E-state index in [9.17, 15) is 19.1 Å². The molecule has 30 heavy (non-hydrogen) atoms. The SMILES string of the molecule is O=C1C(=O)N(CC[NH+]2CCOCC2)[C@H](c2ccccc2)C1=C(O)c1ccc(F)cc1. The minimum absolute atomic E-state index is 0.0368. The molecule has 0 unspecified atom stereocenters. The highest BCUT2D eigenvalue weighted by molar-refractivity contribution is 6.46. The quantitative estimate of drug-likeness (QED) is 0.440. The average Bonchev–Trinajstić information content (AvgIpc) is 3.04. The van der Waals surface area contributed by atoms with Crippen LogP contribution in [0.3, 0.4) is 0 Å². The van der Waals surface area contributed by atoms with E-state index in [0.717, 1.165) is 18.7 Å². The van der Waals surface area contributed by atoms with E-state index in [1.54, 1.807) is 0 Å². The molecule has 1 amide bonds. The first kappa shape index (κ1) is 20.3. The molecule has 1 atom stereocenters. The highest BCUT2D eigenvalue weighted by atomic mass is 19.1. The third kappa shape index (κ3) is 3.99. The second-order valence-corrected chi connectivity index (χ2v) is 7.52. The zero-order valence-electron chi connectivity index (χ0n) is 16.5. The van der Waals surface area contributed by atoms with Crippen molar-refractivity contribution < 1.29 is 28.7 Å². The number of nitrogens with zero attached hydrogens (tertiary/aromatic N) is 1. The maximum Gasteiger partial charge on any atom is 0.295 e. The van der Waals surface area contributed by atoms with Crippen LogP contribution in [-0.2, 0) is 14.3 Å². The Morgan fingerprint density at radius 3 is 2.40 bits per heavy atom. The number of aliphatic hydroxyl groups excluding tert-OH is 1. The number of likely N-dealkylation sites (tertiary alicyclic amines) is 1. The van der Waals surface area contributed by atoms with E-state index >= 15 is 0 Å². The molecule has 6 nitrogen and oxygen atoms in total. The van der Waals surface area contributed by atoms with E-state index in [2.05, 4.69) is 0 Å². The van der Waals surface area contributed by atoms with Crippen molar-refractivity contribution in [3.8, 4) is 0 Å². The number of ketones is 1. The first-order chi connectivity index (χ1) is 14.6. The van der Waals surface area contributed by atoms with Gasteiger partial charge in [0, 0.05) is 5.56 Å². The molecule has 4 rings (SSSR count). The van der Waals surface area contributed by atoms with Crippen LogP contribution in [0.4, 0.5) is 4.39 Å². The number of hydrogen-bond acceptors (Lipinski definition) is 4. The molecule has 2 saturated heterocycles. The molecule has 7 heteroatoms. The molecular weight excluding hydrogens is 387 g/mol. The summed E-state index contributed by atoms with van der Waals surface area (Å²) in [7, 11) is 0. The number of carbonyl (C=O) groups is 2. The van der Waals surface area contributed by atoms with Crippen molar-refractivity contribution in [2.45, 2.75) is 6.04 Å². The molecule has 0 radical (unpaired) electrons. The van der Waals surface area contributed by atoms with Crippen molar-refractivity contribution in [3.63, 3.8) is 0 Å². The minimum Gasteiger partial charge on any atom is -0.507 e. The Morgan fingerprint density at radius 1 is 1.07 bits per heavy atom. The standard InChI is InChI=1S/C23H23FN2O4/c24-18-8-6-17(7-9-18)21(27)19-20(16-4-2-1-3-5-16)26(23(29)22(19)28)11-10-25-12-14-30-15-13-25/h1-9,20,27H,10-15H2/p+1/t20-/m1/s1. The van der Waals surface area contributed by atoms with Crippen molar-refractivity contribution in [2.24, 2.45) is 0 Å². The Hall–Kier alpha value is -3.03. The van der Waals surface area contributed by atoms with Crippen LogP contribution >= 0.6 is 0 Å². The second kappa shape index (κ2) is 8.77. The lowest BCUT2D eigenvalue weighted by molar-refractivity contribution is -0.907. The summed E-state index contributed by atoms with van der Waals surface area (Å²) in [6, 6.07) is 13.7. The topological polar surface area (TPSA) is 71.3 Å². The van der Waals surface area contributed by atoms with Gasteiger partial charge in [-0.15, -0.1) is 0 Å². The summed E-state index contributed by atoms with van der Waals surface area (Å²) in [6.07, 6.45) is 0. The Kier molecular flexibility index (Phi) is 5.92. The number of benzene rings is 2. The Bertz CT molecular complexity index is 953. The van der Waals surface area contributed by atoms with Gasteiger partial charge in [0.15, 0.2) is 0 Å². The van der Waals surface area contributed by atoms with Gasteiger partial charge in [-0.05, 0) is 29.8 Å². The van der Waals surface area contributed by atoms with Crippen LogP contribution in [-0.4, -0.2) is 61.1 Å². The first-order valence-corrected chi connectivity index (χ1v) is 10.1. The molecule has 0 aromatic heterocycles. The van der Waals surface area contributed by atoms with Gasteiger partial charge in [-0.3, -0.25) is 9.59 Å². The Balaban J connectivity index is 1.71. The Morgan fingerprint density at radius 2 is 1.73 bits per heavy atom. The van der Waals surface area contributed by atoms with E-state index < -0.39 is 23.5 Å². The summed E-state index contributed by atoms with van der Waals surface area (Å²) in [4.78, 5) is 28.7. The van der Waals surface area contributed by atoms with Gasteiger partial charge in [0.05, 0.1) is 37.9 Å². The third-order valence-electron chi connectivity index (χ3n) is 5.68. The summed E-state index contributed by atoms with van der Waals surface area (Å²) < 4.78 is 18.7. The van der Waals surface area contributed by atoms with Crippen LogP contribution in [0.5, 0.6) is 0 Å². The molecule has 2 fully saturated rings. The maximum atomic E-state index is 13.3. The number of aliphatic hydroxyl groups is 1. The van der Waals surface area contributed by atoms with Gasteiger partial charge in [-0.2, -0.15) is 0 Å². The fraction of sp³-hybridized carbons (Fsp3) is 0.304. The molecular formula is C23H24FN2O4+. The molecule has 2 heterocycles. The highest BCUT2D eigenvalue weighted by Gasteiger charge is 2.46. The zero-order chi connectivity index (χ0) is 21.1. The Labute approximate surface area is 174 Å². The molecule has 0 spiro atoms. The number of rotatable bonds is 5. The van der Waals surface area contributed by atoms with Gasteiger partial charge in [0.25, 0.3) is 11.7 Å². The highest BCUT2D eigenvalue weighted by Crippen LogP contribution is 2.38. The van der Waals surface area contributed by atoms with Crippen LogP contribution in [0.2, 0.25) is 0 Å². The fourth-order valence-electron chi connectivity index (χ4n) is 4.04. The molecule has 2 aromatic rings. The number of hydrogen-bond donors (Lipinski definition) is 2. The average molecular weight is 411 g/mol. The predicted molar refractivity (Wildman–Crippen MR) is 108 cm³/mol. The number of morpholine rings is 1. The van der Waals surface area contributed by atoms with E-state index in [-0.39, 0.29) is 11.3 Å². The van der Waals surface area contributed by atoms with Gasteiger partial charge in [-0.25, -0.2) is 4.39 Å². The van der Waals surface area contributed by atoms with E-state index in [0.29, 0.717) is 31.9 Å². The number of halogens is 1. The summed E-state index contributed by atoms with van der Waals surface area (Å²) in [6.45, 7) is 4.16. The number of Topliss-reactive ketones (excluding diaryl/α,β-unsaturated/α-hetero) is 1. The minimum atomic E-state index is -0.720. The van der Waals surface area contributed by atoms with Gasteiger partial charge in [0.1, 0.15) is 24.7 Å². The van der Waals surface area contributed by atoms with Crippen molar-refractivity contribution in [2.75, 3.05) is 39.4 Å². The summed E-state index contributed by atoms with van der Waals surface area (Å²) >= 11 is 0. The van der Waals surface area contributed by atoms with Gasteiger partial charge in [-0.1, -0.05) is 30.3 Å². The summed E-state index contributed by atoms with van der Waals surface area (Å²) in [5, 5.41) is 10.9. The second-order valence-electron chi connectivity index (χ2n) is 7.52. The van der Waals surface area contributed by atoms with E-state index in [1.807, 2.05) is 30.3 Å². The largest absolute Gasteiger partial charge is 0.507 e. The molecule has 0 aliphatic carbocycles. The number of ether oxygens (including phenoxy) is 1. The van der Waals surface area contributed by atoms with Crippen molar-refractivity contribution in [3.05, 3.63) is 77.1 Å². The fourth-order valence-corrected chi connectivity index (χ4v) is 4.04. The molecule has 2 aliphatic heterocycles. The van der Waals surface area contributed by atoms with Crippen molar-refractivity contribution in [1.29, 1.82) is 0 Å². The lowest BCUT2D eigenvalue weighted by atomic mass is 9.95. The monoisotopic (exact) mass is 411 g/mol. The van der Waals surface area contributed by atoms with Gasteiger partial charge >= 0.3 is 0 Å². The zero-order valence-corrected chi connectivity index (χ0v) is 16.5. The van der Waals surface area contributed by atoms with Crippen molar-refractivity contribution >= 4 is 17.4 Å². The van der Waals surface area contributed by atoms with E-state index in [1.165, 1.54) is 34.1 Å². The lowest BCUT2D eigenvalue weighted by Crippen LogP contribution is -3.14. The van der Waals surface area contributed by atoms with Gasteiger partial charge < -0.3 is 19.6 Å². The van der Waals surface area contributed by atoms with E-state index in [4.69, 9.17) is 4.74 Å². The first-order valence-electron chi connectivity index (χ1n) is 10.1. The number of carbonyl (C=O) groups excluding carboxylic acids is 2. The smallest absolute Gasteiger partial charge is 0.295 e. The van der Waals surface area contributed by atoms with Crippen LogP contribution in [0.1, 0.15) is 17.2 Å². The van der Waals surface area contributed by atoms with Crippen LogP contribution in [0.25, 0.3) is 5.76 Å². The number of nitrogens with one attached hydrogen (secondary N) is 1. The summed E-state index contributed by atoms with van der Waals surface area (Å²) in [5.74, 6) is -2.08. The van der Waals surface area contributed by atoms with Crippen LogP contribution < -0.4 is 4.90 Å². The molecule has 2 aromatic carbocycles. The van der Waals surface area contributed by atoms with Crippen LogP contribution in [0, 0.1) is 5.82 Å². The molecule has 0 saturated carbocycles. The molecule has 2 N–H and O–H groups in total. The normalized spacial score (nSPS) is 21.9. The van der Waals surface area contributed by atoms with Crippen LogP contribution in [0.15, 0.2) is 60.2 Å². The summed E-state index contributed by atoms with van der Waals surface area (Å²) in [5.41, 5.74) is 1.08.